The number of carbonyl (C=O) groups excluding carboxylic acids is 2. The highest BCUT2D eigenvalue weighted by Gasteiger charge is 2.33. The molecule has 7 nitrogen and oxygen atoms in total. The van der Waals surface area contributed by atoms with E-state index in [0.717, 1.165) is 17.1 Å². The summed E-state index contributed by atoms with van der Waals surface area (Å²) >= 11 is 24.9. The van der Waals surface area contributed by atoms with Crippen molar-refractivity contribution >= 4 is 73.9 Å². The topological polar surface area (TPSA) is 86.8 Å². The second-order valence-electron chi connectivity index (χ2n) is 8.99. The van der Waals surface area contributed by atoms with E-state index in [1.165, 1.54) is 41.3 Å². The SMILES string of the molecule is CCCCNC(=O)[C@@H](C)N(Cc1c(Cl)cccc1Cl)C(=O)CN(c1cccc(Cl)c1)S(=O)(=O)c1ccc(Cl)cc1. The highest BCUT2D eigenvalue weighted by atomic mass is 35.5. The van der Waals surface area contributed by atoms with E-state index in [4.69, 9.17) is 46.4 Å². The molecule has 214 valence electrons. The number of halogens is 4. The maximum absolute atomic E-state index is 13.9. The Balaban J connectivity index is 2.04. The summed E-state index contributed by atoms with van der Waals surface area (Å²) < 4.78 is 28.6. The van der Waals surface area contributed by atoms with Gasteiger partial charge in [-0.1, -0.05) is 71.9 Å². The van der Waals surface area contributed by atoms with E-state index in [0.29, 0.717) is 27.2 Å². The van der Waals surface area contributed by atoms with Crippen LogP contribution in [-0.2, 0) is 26.2 Å². The Morgan fingerprint density at radius 2 is 1.52 bits per heavy atom. The Bertz CT molecular complexity index is 1430. The number of nitrogens with zero attached hydrogens (tertiary/aromatic N) is 2. The van der Waals surface area contributed by atoms with Gasteiger partial charge in [0.2, 0.25) is 11.8 Å². The van der Waals surface area contributed by atoms with Crippen LogP contribution in [0, 0.1) is 0 Å². The van der Waals surface area contributed by atoms with Crippen LogP contribution in [0.1, 0.15) is 32.3 Å². The Hall–Kier alpha value is -2.49. The summed E-state index contributed by atoms with van der Waals surface area (Å²) in [6, 6.07) is 15.7. The molecule has 0 spiro atoms. The summed E-state index contributed by atoms with van der Waals surface area (Å²) in [5.74, 6) is -1.04. The molecule has 0 saturated carbocycles. The third kappa shape index (κ3) is 8.04. The van der Waals surface area contributed by atoms with Gasteiger partial charge in [-0.2, -0.15) is 0 Å². The van der Waals surface area contributed by atoms with Gasteiger partial charge in [-0.3, -0.25) is 13.9 Å². The Labute approximate surface area is 255 Å². The lowest BCUT2D eigenvalue weighted by Gasteiger charge is -2.32. The molecule has 0 unspecified atom stereocenters. The van der Waals surface area contributed by atoms with Crippen LogP contribution in [-0.4, -0.2) is 44.3 Å². The quantitative estimate of drug-likeness (QED) is 0.219. The van der Waals surface area contributed by atoms with Gasteiger partial charge in [0.1, 0.15) is 12.6 Å². The van der Waals surface area contributed by atoms with Crippen molar-refractivity contribution < 1.29 is 18.0 Å². The van der Waals surface area contributed by atoms with Gasteiger partial charge >= 0.3 is 0 Å². The highest BCUT2D eigenvalue weighted by Crippen LogP contribution is 2.29. The summed E-state index contributed by atoms with van der Waals surface area (Å²) in [5, 5.41) is 4.08. The fourth-order valence-corrected chi connectivity index (χ4v) is 6.10. The molecule has 0 heterocycles. The van der Waals surface area contributed by atoms with Crippen LogP contribution in [0.15, 0.2) is 71.6 Å². The highest BCUT2D eigenvalue weighted by molar-refractivity contribution is 7.92. The lowest BCUT2D eigenvalue weighted by Crippen LogP contribution is -2.51. The van der Waals surface area contributed by atoms with Gasteiger partial charge < -0.3 is 10.2 Å². The summed E-state index contributed by atoms with van der Waals surface area (Å²) in [4.78, 5) is 28.2. The third-order valence-electron chi connectivity index (χ3n) is 6.16. The van der Waals surface area contributed by atoms with Crippen molar-refractivity contribution in [3.05, 3.63) is 92.4 Å². The number of rotatable bonds is 12. The van der Waals surface area contributed by atoms with Crippen LogP contribution in [0.2, 0.25) is 20.1 Å². The molecule has 0 aliphatic heterocycles. The van der Waals surface area contributed by atoms with Crippen LogP contribution in [0.5, 0.6) is 0 Å². The largest absolute Gasteiger partial charge is 0.354 e. The van der Waals surface area contributed by atoms with E-state index in [2.05, 4.69) is 5.32 Å². The Morgan fingerprint density at radius 3 is 2.12 bits per heavy atom. The molecule has 40 heavy (non-hydrogen) atoms. The van der Waals surface area contributed by atoms with Crippen LogP contribution in [0.25, 0.3) is 0 Å². The molecule has 12 heteroatoms. The fourth-order valence-electron chi connectivity index (χ4n) is 3.87. The Kier molecular flexibility index (Phi) is 11.5. The van der Waals surface area contributed by atoms with E-state index in [1.807, 2.05) is 6.92 Å². The minimum absolute atomic E-state index is 0.0734. The smallest absolute Gasteiger partial charge is 0.264 e. The standard InChI is InChI=1S/C28H29Cl4N3O4S/c1-3-4-15-33-28(37)19(2)34(17-24-25(31)9-6-10-26(24)32)27(36)18-35(22-8-5-7-21(30)16-22)40(38,39)23-13-11-20(29)12-14-23/h5-14,16,19H,3-4,15,17-18H2,1-2H3,(H,33,37)/t19-/m1/s1. The van der Waals surface area contributed by atoms with Gasteiger partial charge in [0, 0.05) is 38.7 Å². The lowest BCUT2D eigenvalue weighted by molar-refractivity contribution is -0.139. The minimum Gasteiger partial charge on any atom is -0.354 e. The van der Waals surface area contributed by atoms with Crippen molar-refractivity contribution in [2.75, 3.05) is 17.4 Å². The van der Waals surface area contributed by atoms with Gasteiger partial charge in [0.05, 0.1) is 10.6 Å². The molecule has 0 saturated heterocycles. The maximum atomic E-state index is 13.9. The van der Waals surface area contributed by atoms with Gasteiger partial charge in [0.15, 0.2) is 0 Å². The first-order valence-electron chi connectivity index (χ1n) is 12.5. The number of benzene rings is 3. The van der Waals surface area contributed by atoms with E-state index >= 15 is 0 Å². The predicted octanol–water partition coefficient (Wildman–Crippen LogP) is 6.83. The molecule has 3 aromatic rings. The molecule has 0 aliphatic rings. The number of unbranched alkanes of at least 4 members (excludes halogenated alkanes) is 1. The molecule has 2 amide bonds. The minimum atomic E-state index is -4.25. The van der Waals surface area contributed by atoms with Crippen LogP contribution in [0.4, 0.5) is 5.69 Å². The molecule has 3 aromatic carbocycles. The van der Waals surface area contributed by atoms with Gasteiger partial charge in [-0.15, -0.1) is 0 Å². The molecule has 0 bridgehead atoms. The molecule has 0 aromatic heterocycles. The van der Waals surface area contributed by atoms with Crippen molar-refractivity contribution in [3.63, 3.8) is 0 Å². The molecular formula is C28H29Cl4N3O4S. The van der Waals surface area contributed by atoms with Crippen LogP contribution >= 0.6 is 46.4 Å². The number of amides is 2. The van der Waals surface area contributed by atoms with Crippen molar-refractivity contribution in [2.45, 2.75) is 44.2 Å². The molecule has 1 N–H and O–H groups in total. The number of hydrogen-bond donors (Lipinski definition) is 1. The molecule has 3 rings (SSSR count). The average molecular weight is 645 g/mol. The van der Waals surface area contributed by atoms with Crippen molar-refractivity contribution in [1.29, 1.82) is 0 Å². The predicted molar refractivity (Wildman–Crippen MR) is 162 cm³/mol. The lowest BCUT2D eigenvalue weighted by atomic mass is 10.1. The second kappa shape index (κ2) is 14.4. The molecular weight excluding hydrogens is 616 g/mol. The molecule has 0 aliphatic carbocycles. The monoisotopic (exact) mass is 643 g/mol. The number of nitrogens with one attached hydrogen (secondary N) is 1. The van der Waals surface area contributed by atoms with E-state index < -0.39 is 28.5 Å². The number of hydrogen-bond acceptors (Lipinski definition) is 4. The number of sulfonamides is 1. The van der Waals surface area contributed by atoms with Gasteiger partial charge in [-0.25, -0.2) is 8.42 Å². The zero-order chi connectivity index (χ0) is 29.4. The van der Waals surface area contributed by atoms with Gasteiger partial charge in [-0.05, 0) is 67.9 Å². The van der Waals surface area contributed by atoms with Gasteiger partial charge in [0.25, 0.3) is 10.0 Å². The first-order chi connectivity index (χ1) is 18.9. The van der Waals surface area contributed by atoms with Crippen LogP contribution in [0.3, 0.4) is 0 Å². The van der Waals surface area contributed by atoms with E-state index in [1.54, 1.807) is 37.3 Å². The second-order valence-corrected chi connectivity index (χ2v) is 12.5. The molecule has 0 fully saturated rings. The zero-order valence-electron chi connectivity index (χ0n) is 21.9. The summed E-state index contributed by atoms with van der Waals surface area (Å²) in [7, 11) is -4.25. The van der Waals surface area contributed by atoms with Crippen molar-refractivity contribution in [2.24, 2.45) is 0 Å². The fraction of sp³-hybridized carbons (Fsp3) is 0.286. The maximum Gasteiger partial charge on any atom is 0.264 e. The summed E-state index contributed by atoms with van der Waals surface area (Å²) in [6.07, 6.45) is 1.65. The van der Waals surface area contributed by atoms with E-state index in [-0.39, 0.29) is 28.1 Å². The van der Waals surface area contributed by atoms with Crippen LogP contribution < -0.4 is 9.62 Å². The summed E-state index contributed by atoms with van der Waals surface area (Å²) in [6.45, 7) is 3.26. The first kappa shape index (κ1) is 32.0. The molecule has 0 radical (unpaired) electrons. The van der Waals surface area contributed by atoms with E-state index in [9.17, 15) is 18.0 Å². The van der Waals surface area contributed by atoms with Crippen molar-refractivity contribution in [1.82, 2.24) is 10.2 Å². The number of carbonyl (C=O) groups is 2. The normalized spacial score (nSPS) is 12.1. The molecule has 1 atom stereocenters. The third-order valence-corrected chi connectivity index (χ3v) is 9.15. The summed E-state index contributed by atoms with van der Waals surface area (Å²) in [5.41, 5.74) is 0.605. The average Bonchev–Trinajstić information content (AvgIpc) is 2.91. The Morgan fingerprint density at radius 1 is 0.900 bits per heavy atom. The zero-order valence-corrected chi connectivity index (χ0v) is 25.8. The number of anilines is 1. The first-order valence-corrected chi connectivity index (χ1v) is 15.4. The van der Waals surface area contributed by atoms with Crippen molar-refractivity contribution in [3.8, 4) is 0 Å².